The summed E-state index contributed by atoms with van der Waals surface area (Å²) in [5.41, 5.74) is 0.517. The van der Waals surface area contributed by atoms with Gasteiger partial charge in [-0.05, 0) is 44.2 Å². The molecular formula is C19H22ClNO3S. The number of carbonyl (C=O) groups excluding carboxylic acids is 1. The molecule has 0 amide bonds. The number of rotatable bonds is 4. The number of carbonyl (C=O) groups is 1. The van der Waals surface area contributed by atoms with E-state index in [9.17, 15) is 13.2 Å². The molecule has 1 fully saturated rings. The Morgan fingerprint density at radius 3 is 2.36 bits per heavy atom. The van der Waals surface area contributed by atoms with Crippen LogP contribution in [0.15, 0.2) is 52.4 Å². The van der Waals surface area contributed by atoms with Gasteiger partial charge in [0, 0.05) is 29.6 Å². The lowest BCUT2D eigenvalue weighted by molar-refractivity contribution is 0.101. The SMILES string of the molecule is CC(=O)c1ccc(S(=O)(=O)N2CCC(C3C=CCC=C3Cl)CC2)cc1. The monoisotopic (exact) mass is 379 g/mol. The highest BCUT2D eigenvalue weighted by atomic mass is 35.5. The average Bonchev–Trinajstić information content (AvgIpc) is 2.62. The van der Waals surface area contributed by atoms with Crippen molar-refractivity contribution in [2.45, 2.75) is 31.1 Å². The number of Topliss-reactive ketones (excluding diaryl/α,β-unsaturated/α-hetero) is 1. The maximum atomic E-state index is 12.8. The Morgan fingerprint density at radius 1 is 1.16 bits per heavy atom. The van der Waals surface area contributed by atoms with Gasteiger partial charge in [-0.3, -0.25) is 4.79 Å². The zero-order chi connectivity index (χ0) is 18.0. The fourth-order valence-corrected chi connectivity index (χ4v) is 5.31. The molecule has 0 saturated carbocycles. The van der Waals surface area contributed by atoms with Gasteiger partial charge in [-0.15, -0.1) is 0 Å². The largest absolute Gasteiger partial charge is 0.295 e. The Bertz CT molecular complexity index is 804. The van der Waals surface area contributed by atoms with Crippen LogP contribution >= 0.6 is 11.6 Å². The fraction of sp³-hybridized carbons (Fsp3) is 0.421. The zero-order valence-electron chi connectivity index (χ0n) is 14.2. The minimum absolute atomic E-state index is 0.0739. The summed E-state index contributed by atoms with van der Waals surface area (Å²) in [7, 11) is -3.52. The van der Waals surface area contributed by atoms with E-state index in [0.717, 1.165) is 24.3 Å². The number of halogens is 1. The highest BCUT2D eigenvalue weighted by Crippen LogP contribution is 2.36. The van der Waals surface area contributed by atoms with Gasteiger partial charge in [0.1, 0.15) is 0 Å². The first-order valence-corrected chi connectivity index (χ1v) is 10.3. The van der Waals surface area contributed by atoms with Crippen LogP contribution in [-0.2, 0) is 10.0 Å². The molecule has 3 rings (SSSR count). The van der Waals surface area contributed by atoms with E-state index in [2.05, 4.69) is 12.2 Å². The van der Waals surface area contributed by atoms with E-state index in [1.54, 1.807) is 12.1 Å². The van der Waals surface area contributed by atoms with E-state index in [0.29, 0.717) is 24.6 Å². The van der Waals surface area contributed by atoms with Crippen LogP contribution < -0.4 is 0 Å². The first-order chi connectivity index (χ1) is 11.9. The van der Waals surface area contributed by atoms with Crippen molar-refractivity contribution in [2.75, 3.05) is 13.1 Å². The third-order valence-corrected chi connectivity index (χ3v) is 7.34. The standard InChI is InChI=1S/C19H22ClNO3S/c1-14(22)15-6-8-17(9-7-15)25(23,24)21-12-10-16(11-13-21)18-4-2-3-5-19(18)20/h2,4-9,16,18H,3,10-13H2,1H3. The highest BCUT2D eigenvalue weighted by molar-refractivity contribution is 7.89. The number of piperidine rings is 1. The van der Waals surface area contributed by atoms with E-state index < -0.39 is 10.0 Å². The molecular weight excluding hydrogens is 358 g/mol. The normalized spacial score (nSPS) is 22.6. The number of ketones is 1. The Labute approximate surface area is 154 Å². The van der Waals surface area contributed by atoms with Gasteiger partial charge in [-0.25, -0.2) is 8.42 Å². The smallest absolute Gasteiger partial charge is 0.243 e. The average molecular weight is 380 g/mol. The molecule has 0 N–H and O–H groups in total. The van der Waals surface area contributed by atoms with E-state index >= 15 is 0 Å². The Kier molecular flexibility index (Phi) is 5.46. The van der Waals surface area contributed by atoms with Gasteiger partial charge in [0.2, 0.25) is 10.0 Å². The summed E-state index contributed by atoms with van der Waals surface area (Å²) in [6.45, 7) is 2.46. The summed E-state index contributed by atoms with van der Waals surface area (Å²) in [4.78, 5) is 11.6. The van der Waals surface area contributed by atoms with E-state index in [1.165, 1.54) is 23.4 Å². The molecule has 25 heavy (non-hydrogen) atoms. The molecule has 1 saturated heterocycles. The lowest BCUT2D eigenvalue weighted by Gasteiger charge is -2.35. The Hall–Kier alpha value is -1.43. The van der Waals surface area contributed by atoms with Crippen molar-refractivity contribution in [2.24, 2.45) is 11.8 Å². The van der Waals surface area contributed by atoms with Crippen molar-refractivity contribution in [1.82, 2.24) is 4.31 Å². The number of allylic oxidation sites excluding steroid dienone is 4. The predicted molar refractivity (Wildman–Crippen MR) is 99.1 cm³/mol. The first-order valence-electron chi connectivity index (χ1n) is 8.53. The zero-order valence-corrected chi connectivity index (χ0v) is 15.8. The molecule has 134 valence electrons. The second kappa shape index (κ2) is 7.44. The van der Waals surface area contributed by atoms with Gasteiger partial charge in [-0.1, -0.05) is 42.0 Å². The van der Waals surface area contributed by atoms with E-state index in [-0.39, 0.29) is 16.6 Å². The van der Waals surface area contributed by atoms with Crippen molar-refractivity contribution in [3.05, 3.63) is 53.1 Å². The van der Waals surface area contributed by atoms with Crippen LogP contribution in [0.3, 0.4) is 0 Å². The van der Waals surface area contributed by atoms with Crippen molar-refractivity contribution >= 4 is 27.4 Å². The predicted octanol–water partition coefficient (Wildman–Crippen LogP) is 3.99. The maximum Gasteiger partial charge on any atom is 0.243 e. The number of nitrogens with zero attached hydrogens (tertiary/aromatic N) is 1. The lowest BCUT2D eigenvalue weighted by atomic mass is 9.82. The molecule has 6 heteroatoms. The quantitative estimate of drug-likeness (QED) is 0.587. The van der Waals surface area contributed by atoms with Crippen molar-refractivity contribution < 1.29 is 13.2 Å². The number of benzene rings is 1. The molecule has 0 aromatic heterocycles. The van der Waals surface area contributed by atoms with E-state index in [1.807, 2.05) is 6.08 Å². The summed E-state index contributed by atoms with van der Waals surface area (Å²) >= 11 is 6.33. The molecule has 2 aliphatic rings. The molecule has 1 aromatic rings. The van der Waals surface area contributed by atoms with Crippen LogP contribution in [0.2, 0.25) is 0 Å². The van der Waals surface area contributed by atoms with Gasteiger partial charge in [0.25, 0.3) is 0 Å². The summed E-state index contributed by atoms with van der Waals surface area (Å²) in [5.74, 6) is 0.525. The molecule has 1 unspecified atom stereocenters. The highest BCUT2D eigenvalue weighted by Gasteiger charge is 2.33. The molecule has 1 aromatic carbocycles. The molecule has 4 nitrogen and oxygen atoms in total. The second-order valence-corrected chi connectivity index (χ2v) is 8.98. The lowest BCUT2D eigenvalue weighted by Crippen LogP contribution is -2.40. The molecule has 1 aliphatic carbocycles. The summed E-state index contributed by atoms with van der Waals surface area (Å²) in [6.07, 6.45) is 8.77. The number of hydrogen-bond donors (Lipinski definition) is 0. The molecule has 0 spiro atoms. The van der Waals surface area contributed by atoms with Crippen molar-refractivity contribution in [3.63, 3.8) is 0 Å². The number of sulfonamides is 1. The van der Waals surface area contributed by atoms with Gasteiger partial charge in [0.05, 0.1) is 4.90 Å². The van der Waals surface area contributed by atoms with Crippen LogP contribution in [0.5, 0.6) is 0 Å². The first kappa shape index (κ1) is 18.4. The Morgan fingerprint density at radius 2 is 1.80 bits per heavy atom. The summed E-state index contributed by atoms with van der Waals surface area (Å²) in [5, 5.41) is 0.878. The summed E-state index contributed by atoms with van der Waals surface area (Å²) < 4.78 is 27.1. The van der Waals surface area contributed by atoms with Crippen LogP contribution in [0, 0.1) is 11.8 Å². The third-order valence-electron chi connectivity index (χ3n) is 5.02. The minimum Gasteiger partial charge on any atom is -0.295 e. The topological polar surface area (TPSA) is 54.5 Å². The van der Waals surface area contributed by atoms with Gasteiger partial charge < -0.3 is 0 Å². The van der Waals surface area contributed by atoms with Crippen molar-refractivity contribution in [3.8, 4) is 0 Å². The Balaban J connectivity index is 1.69. The third kappa shape index (κ3) is 3.89. The fourth-order valence-electron chi connectivity index (χ4n) is 3.50. The van der Waals surface area contributed by atoms with Crippen LogP contribution in [-0.4, -0.2) is 31.6 Å². The second-order valence-electron chi connectivity index (χ2n) is 6.60. The van der Waals surface area contributed by atoms with Gasteiger partial charge in [0.15, 0.2) is 5.78 Å². The van der Waals surface area contributed by atoms with Crippen LogP contribution in [0.1, 0.15) is 36.5 Å². The minimum atomic E-state index is -3.52. The molecule has 0 radical (unpaired) electrons. The maximum absolute atomic E-state index is 12.8. The number of hydrogen-bond acceptors (Lipinski definition) is 3. The van der Waals surface area contributed by atoms with Crippen LogP contribution in [0.25, 0.3) is 0 Å². The summed E-state index contributed by atoms with van der Waals surface area (Å²) in [6, 6.07) is 6.17. The van der Waals surface area contributed by atoms with Gasteiger partial charge in [-0.2, -0.15) is 4.31 Å². The van der Waals surface area contributed by atoms with Gasteiger partial charge >= 0.3 is 0 Å². The molecule has 0 bridgehead atoms. The van der Waals surface area contributed by atoms with Crippen molar-refractivity contribution in [1.29, 1.82) is 0 Å². The molecule has 1 aliphatic heterocycles. The molecule has 1 atom stereocenters. The van der Waals surface area contributed by atoms with E-state index in [4.69, 9.17) is 11.6 Å². The van der Waals surface area contributed by atoms with Crippen LogP contribution in [0.4, 0.5) is 0 Å². The molecule has 1 heterocycles.